The predicted octanol–water partition coefficient (Wildman–Crippen LogP) is 3.73. The van der Waals surface area contributed by atoms with Gasteiger partial charge in [-0.25, -0.2) is 19.9 Å². The second kappa shape index (κ2) is 6.54. The van der Waals surface area contributed by atoms with E-state index in [1.54, 1.807) is 23.5 Å². The summed E-state index contributed by atoms with van der Waals surface area (Å²) in [6.45, 7) is 10.1. The van der Waals surface area contributed by atoms with Gasteiger partial charge in [0.25, 0.3) is 0 Å². The molecule has 0 saturated heterocycles. The van der Waals surface area contributed by atoms with E-state index >= 15 is 0 Å². The fraction of sp³-hybridized carbons (Fsp3) is 0.429. The molecule has 0 saturated carbocycles. The van der Waals surface area contributed by atoms with E-state index in [2.05, 4.69) is 26.9 Å². The molecule has 0 unspecified atom stereocenters. The van der Waals surface area contributed by atoms with E-state index in [0.29, 0.717) is 0 Å². The Balaban J connectivity index is 2.06. The lowest BCUT2D eigenvalue weighted by molar-refractivity contribution is 0.896. The van der Waals surface area contributed by atoms with Gasteiger partial charge in [-0.2, -0.15) is 0 Å². The van der Waals surface area contributed by atoms with Crippen LogP contribution in [0.1, 0.15) is 29.7 Å². The van der Waals surface area contributed by atoms with E-state index in [9.17, 15) is 0 Å². The van der Waals surface area contributed by atoms with Crippen molar-refractivity contribution in [1.82, 2.24) is 19.9 Å². The number of nitrogens with zero attached hydrogens (tertiary/aromatic N) is 4. The highest BCUT2D eigenvalue weighted by molar-refractivity contribution is 8.16. The number of hydrogen-bond donors (Lipinski definition) is 0. The molecule has 0 aliphatic carbocycles. The average Bonchev–Trinajstić information content (AvgIpc) is 2.24. The third kappa shape index (κ3) is 4.45. The number of rotatable bonds is 4. The molecule has 0 atom stereocenters. The molecule has 20 heavy (non-hydrogen) atoms. The van der Waals surface area contributed by atoms with Gasteiger partial charge >= 0.3 is 0 Å². The molecular weight excluding hydrogens is 288 g/mol. The molecule has 0 amide bonds. The Hall–Kier alpha value is -1.14. The summed E-state index contributed by atoms with van der Waals surface area (Å²) in [6.07, 6.45) is 0. The van der Waals surface area contributed by atoms with Crippen molar-refractivity contribution in [2.24, 2.45) is 0 Å². The number of aryl methyl sites for hydroxylation is 4. The van der Waals surface area contributed by atoms with Gasteiger partial charge in [-0.3, -0.25) is 0 Å². The molecule has 0 aliphatic heterocycles. The topological polar surface area (TPSA) is 51.6 Å². The zero-order valence-corrected chi connectivity index (χ0v) is 14.0. The summed E-state index contributed by atoms with van der Waals surface area (Å²) in [4.78, 5) is 17.8. The smallest absolute Gasteiger partial charge is 0.189 e. The van der Waals surface area contributed by atoms with Crippen LogP contribution in [0.15, 0.2) is 22.4 Å². The maximum atomic E-state index is 4.45. The molecule has 106 valence electrons. The van der Waals surface area contributed by atoms with Crippen molar-refractivity contribution in [3.8, 4) is 0 Å². The van der Waals surface area contributed by atoms with Crippen LogP contribution in [-0.4, -0.2) is 24.5 Å². The van der Waals surface area contributed by atoms with Crippen LogP contribution in [0, 0.1) is 27.7 Å². The minimum atomic E-state index is 0.261. The number of aromatic nitrogens is 4. The van der Waals surface area contributed by atoms with Crippen LogP contribution in [0.4, 0.5) is 0 Å². The minimum absolute atomic E-state index is 0.261. The van der Waals surface area contributed by atoms with Crippen LogP contribution < -0.4 is 0 Å². The van der Waals surface area contributed by atoms with Crippen LogP contribution in [0.3, 0.4) is 0 Å². The summed E-state index contributed by atoms with van der Waals surface area (Å²) in [5.41, 5.74) is 4.00. The fourth-order valence-corrected chi connectivity index (χ4v) is 3.90. The summed E-state index contributed by atoms with van der Waals surface area (Å²) in [5, 5.41) is 1.62. The number of hydrogen-bond acceptors (Lipinski definition) is 6. The van der Waals surface area contributed by atoms with Gasteiger partial charge in [0, 0.05) is 22.8 Å². The summed E-state index contributed by atoms with van der Waals surface area (Å²) >= 11 is 3.28. The molecule has 0 bridgehead atoms. The highest BCUT2D eigenvalue weighted by Crippen LogP contribution is 2.32. The van der Waals surface area contributed by atoms with Crippen LogP contribution in [0.5, 0.6) is 0 Å². The molecule has 0 aromatic carbocycles. The van der Waals surface area contributed by atoms with E-state index in [1.807, 2.05) is 39.8 Å². The Morgan fingerprint density at radius 2 is 1.00 bits per heavy atom. The lowest BCUT2D eigenvalue weighted by Crippen LogP contribution is -1.99. The quantitative estimate of drug-likeness (QED) is 0.487. The molecule has 6 heteroatoms. The zero-order chi connectivity index (χ0) is 14.7. The Labute approximate surface area is 128 Å². The van der Waals surface area contributed by atoms with Crippen molar-refractivity contribution >= 4 is 23.5 Å². The van der Waals surface area contributed by atoms with Gasteiger partial charge in [0.1, 0.15) is 0 Å². The van der Waals surface area contributed by atoms with E-state index in [1.165, 1.54) is 0 Å². The van der Waals surface area contributed by atoms with E-state index in [4.69, 9.17) is 0 Å². The molecule has 0 aliphatic rings. The van der Waals surface area contributed by atoms with Crippen molar-refractivity contribution in [3.63, 3.8) is 0 Å². The summed E-state index contributed by atoms with van der Waals surface area (Å²) in [5.74, 6) is 0. The maximum Gasteiger partial charge on any atom is 0.189 e. The summed E-state index contributed by atoms with van der Waals surface area (Å²) in [6, 6.07) is 3.96. The number of thioether (sulfide) groups is 2. The molecular formula is C14H18N4S2. The molecule has 0 spiro atoms. The molecule has 2 aromatic heterocycles. The van der Waals surface area contributed by atoms with Crippen molar-refractivity contribution in [1.29, 1.82) is 0 Å². The minimum Gasteiger partial charge on any atom is -0.228 e. The molecule has 2 rings (SSSR count). The Morgan fingerprint density at radius 1 is 0.700 bits per heavy atom. The van der Waals surface area contributed by atoms with Gasteiger partial charge in [0.05, 0.1) is 4.58 Å². The lowest BCUT2D eigenvalue weighted by Gasteiger charge is -2.10. The van der Waals surface area contributed by atoms with Crippen LogP contribution >= 0.6 is 23.5 Å². The summed E-state index contributed by atoms with van der Waals surface area (Å²) < 4.78 is 0.261. The van der Waals surface area contributed by atoms with Crippen molar-refractivity contribution in [2.75, 3.05) is 0 Å². The Bertz CT molecular complexity index is 522. The molecule has 0 fully saturated rings. The first-order valence-corrected chi connectivity index (χ1v) is 8.16. The SMILES string of the molecule is Cc1cc(C)nc(SC(C)Sc2nc(C)cc(C)n2)n1. The fourth-order valence-electron chi connectivity index (χ4n) is 1.81. The van der Waals surface area contributed by atoms with Crippen molar-refractivity contribution in [3.05, 3.63) is 34.9 Å². The normalized spacial score (nSPS) is 11.1. The maximum absolute atomic E-state index is 4.45. The highest BCUT2D eigenvalue weighted by atomic mass is 32.2. The van der Waals surface area contributed by atoms with Crippen molar-refractivity contribution < 1.29 is 0 Å². The van der Waals surface area contributed by atoms with E-state index in [0.717, 1.165) is 33.1 Å². The zero-order valence-electron chi connectivity index (χ0n) is 12.3. The third-order valence-corrected chi connectivity index (χ3v) is 4.49. The predicted molar refractivity (Wildman–Crippen MR) is 84.2 cm³/mol. The van der Waals surface area contributed by atoms with Gasteiger partial charge in [-0.1, -0.05) is 23.5 Å². The molecule has 0 radical (unpaired) electrons. The lowest BCUT2D eigenvalue weighted by atomic mass is 10.4. The monoisotopic (exact) mass is 306 g/mol. The van der Waals surface area contributed by atoms with Crippen LogP contribution in [0.25, 0.3) is 0 Å². The van der Waals surface area contributed by atoms with Gasteiger partial charge in [0.15, 0.2) is 10.3 Å². The largest absolute Gasteiger partial charge is 0.228 e. The van der Waals surface area contributed by atoms with Gasteiger partial charge in [0.2, 0.25) is 0 Å². The van der Waals surface area contributed by atoms with Crippen LogP contribution in [0.2, 0.25) is 0 Å². The second-order valence-electron chi connectivity index (χ2n) is 4.67. The Kier molecular flexibility index (Phi) is 4.99. The first-order valence-electron chi connectivity index (χ1n) is 6.40. The third-order valence-electron chi connectivity index (χ3n) is 2.47. The molecule has 2 heterocycles. The van der Waals surface area contributed by atoms with E-state index < -0.39 is 0 Å². The van der Waals surface area contributed by atoms with E-state index in [-0.39, 0.29) is 4.58 Å². The average molecular weight is 306 g/mol. The highest BCUT2D eigenvalue weighted by Gasteiger charge is 2.12. The first kappa shape index (κ1) is 15.3. The summed E-state index contributed by atoms with van der Waals surface area (Å²) in [7, 11) is 0. The van der Waals surface area contributed by atoms with Gasteiger partial charge in [-0.05, 0) is 46.8 Å². The molecule has 4 nitrogen and oxygen atoms in total. The van der Waals surface area contributed by atoms with Crippen LogP contribution in [-0.2, 0) is 0 Å². The van der Waals surface area contributed by atoms with Gasteiger partial charge < -0.3 is 0 Å². The molecule has 0 N–H and O–H groups in total. The second-order valence-corrected chi connectivity index (χ2v) is 7.58. The standard InChI is InChI=1S/C14H18N4S2/c1-8-6-9(2)16-13(15-8)19-12(5)20-14-17-10(3)7-11(4)18-14/h6-7,12H,1-5H3. The first-order chi connectivity index (χ1) is 9.42. The molecule has 2 aromatic rings. The van der Waals surface area contributed by atoms with Gasteiger partial charge in [-0.15, -0.1) is 0 Å². The Morgan fingerprint density at radius 3 is 1.30 bits per heavy atom. The van der Waals surface area contributed by atoms with Crippen molar-refractivity contribution in [2.45, 2.75) is 49.5 Å².